The maximum Gasteiger partial charge on any atom is -0.0154 e. The highest BCUT2D eigenvalue weighted by Crippen LogP contribution is 2.11. The lowest BCUT2D eigenvalue weighted by atomic mass is 10.0. The molecule has 0 N–H and O–H groups in total. The van der Waals surface area contributed by atoms with Crippen LogP contribution in [0.2, 0.25) is 0 Å². The van der Waals surface area contributed by atoms with Crippen molar-refractivity contribution in [2.24, 2.45) is 0 Å². The van der Waals surface area contributed by atoms with E-state index in [0.717, 1.165) is 18.4 Å². The minimum absolute atomic E-state index is 1.02. The Morgan fingerprint density at radius 3 is 2.52 bits per heavy atom. The van der Waals surface area contributed by atoms with Gasteiger partial charge in [-0.05, 0) is 54.3 Å². The monoisotopic (exact) mass is 278 g/mol. The first-order chi connectivity index (χ1) is 10.2. The summed E-state index contributed by atoms with van der Waals surface area (Å²) in [6, 6.07) is 6.59. The zero-order chi connectivity index (χ0) is 15.7. The average molecular weight is 278 g/mol. The van der Waals surface area contributed by atoms with Gasteiger partial charge in [-0.2, -0.15) is 0 Å². The lowest BCUT2D eigenvalue weighted by molar-refractivity contribution is 1.15. The van der Waals surface area contributed by atoms with Crippen LogP contribution < -0.4 is 10.4 Å². The van der Waals surface area contributed by atoms with Crippen molar-refractivity contribution in [3.05, 3.63) is 77.2 Å². The molecule has 0 heteroatoms. The predicted octanol–water partition coefficient (Wildman–Crippen LogP) is 4.77. The highest BCUT2D eigenvalue weighted by atomic mass is 14.0. The topological polar surface area (TPSA) is 0 Å². The normalized spacial score (nSPS) is 12.8. The molecular weight excluding hydrogens is 252 g/mol. The Labute approximate surface area is 129 Å². The summed E-state index contributed by atoms with van der Waals surface area (Å²) < 4.78 is 0. The van der Waals surface area contributed by atoms with Gasteiger partial charge >= 0.3 is 0 Å². The van der Waals surface area contributed by atoms with Crippen molar-refractivity contribution < 1.29 is 0 Å². The quantitative estimate of drug-likeness (QED) is 0.552. The molecule has 21 heavy (non-hydrogen) atoms. The molecule has 0 bridgehead atoms. The van der Waals surface area contributed by atoms with Gasteiger partial charge in [0.2, 0.25) is 0 Å². The molecule has 0 aromatic heterocycles. The first-order valence-electron chi connectivity index (χ1n) is 7.56. The van der Waals surface area contributed by atoms with Crippen LogP contribution in [-0.4, -0.2) is 0 Å². The van der Waals surface area contributed by atoms with E-state index in [0.29, 0.717) is 0 Å². The van der Waals surface area contributed by atoms with E-state index in [1.807, 2.05) is 19.9 Å². The Hall–Kier alpha value is -2.08. The smallest absolute Gasteiger partial charge is 0.0154 e. The highest BCUT2D eigenvalue weighted by Gasteiger charge is 1.98. The van der Waals surface area contributed by atoms with Crippen LogP contribution in [0.1, 0.15) is 39.2 Å². The highest BCUT2D eigenvalue weighted by molar-refractivity contribution is 5.72. The van der Waals surface area contributed by atoms with Gasteiger partial charge in [0.05, 0.1) is 0 Å². The molecule has 0 unspecified atom stereocenters. The molecule has 1 aliphatic carbocycles. The van der Waals surface area contributed by atoms with Crippen LogP contribution in [0.3, 0.4) is 0 Å². The van der Waals surface area contributed by atoms with Gasteiger partial charge in [-0.1, -0.05) is 67.7 Å². The molecule has 0 radical (unpaired) electrons. The number of rotatable bonds is 3. The van der Waals surface area contributed by atoms with Crippen LogP contribution in [-0.2, 0) is 0 Å². The van der Waals surface area contributed by atoms with E-state index >= 15 is 0 Å². The van der Waals surface area contributed by atoms with Crippen LogP contribution >= 0.6 is 0 Å². The van der Waals surface area contributed by atoms with Crippen LogP contribution in [0.5, 0.6) is 0 Å². The van der Waals surface area contributed by atoms with E-state index in [1.54, 1.807) is 6.08 Å². The summed E-state index contributed by atoms with van der Waals surface area (Å²) in [6.07, 6.45) is 14.8. The maximum atomic E-state index is 4.09. The van der Waals surface area contributed by atoms with E-state index < -0.39 is 0 Å². The van der Waals surface area contributed by atoms with Gasteiger partial charge in [-0.15, -0.1) is 6.58 Å². The summed E-state index contributed by atoms with van der Waals surface area (Å²) in [4.78, 5) is 0. The standard InChI is InChI=1S/C18H20.C3H6/c1-4-7-14(3)16-10-11-18-12-15(5-2)8-6-9-17(18)13-16;1-3-2/h4,7-13H,3,5-6H2,1-2H3;3H,1H2,2H3/b7-4-;. The Morgan fingerprint density at radius 2 is 1.90 bits per heavy atom. The summed E-state index contributed by atoms with van der Waals surface area (Å²) in [7, 11) is 0. The first kappa shape index (κ1) is 17.0. The third-order valence-electron chi connectivity index (χ3n) is 3.29. The molecule has 0 saturated heterocycles. The molecule has 0 fully saturated rings. The molecule has 1 aromatic carbocycles. The van der Waals surface area contributed by atoms with E-state index in [1.165, 1.54) is 21.6 Å². The zero-order valence-electron chi connectivity index (χ0n) is 13.5. The Morgan fingerprint density at radius 1 is 1.19 bits per heavy atom. The minimum Gasteiger partial charge on any atom is -0.103 e. The van der Waals surface area contributed by atoms with Gasteiger partial charge in [0.15, 0.2) is 0 Å². The summed E-state index contributed by atoms with van der Waals surface area (Å²) in [5.74, 6) is 0. The largest absolute Gasteiger partial charge is 0.103 e. The molecule has 110 valence electrons. The van der Waals surface area contributed by atoms with Crippen molar-refractivity contribution in [1.29, 1.82) is 0 Å². The molecule has 0 atom stereocenters. The second kappa shape index (κ2) is 8.97. The van der Waals surface area contributed by atoms with E-state index in [-0.39, 0.29) is 0 Å². The fourth-order valence-corrected chi connectivity index (χ4v) is 2.22. The van der Waals surface area contributed by atoms with Gasteiger partial charge in [0.25, 0.3) is 0 Å². The molecule has 0 aliphatic heterocycles. The molecule has 2 rings (SSSR count). The lowest BCUT2D eigenvalue weighted by Gasteiger charge is -2.01. The summed E-state index contributed by atoms with van der Waals surface area (Å²) in [5, 5.41) is 2.63. The van der Waals surface area contributed by atoms with Gasteiger partial charge in [-0.3, -0.25) is 0 Å². The van der Waals surface area contributed by atoms with Gasteiger partial charge in [-0.25, -0.2) is 0 Å². The third-order valence-corrected chi connectivity index (χ3v) is 3.29. The minimum atomic E-state index is 1.02. The number of hydrogen-bond acceptors (Lipinski definition) is 0. The number of benzene rings is 1. The van der Waals surface area contributed by atoms with Crippen molar-refractivity contribution in [3.63, 3.8) is 0 Å². The van der Waals surface area contributed by atoms with Crippen molar-refractivity contribution in [3.8, 4) is 0 Å². The molecule has 0 heterocycles. The van der Waals surface area contributed by atoms with Gasteiger partial charge in [0, 0.05) is 0 Å². The summed E-state index contributed by atoms with van der Waals surface area (Å²) >= 11 is 0. The summed E-state index contributed by atoms with van der Waals surface area (Å²) in [6.45, 7) is 13.6. The predicted molar refractivity (Wildman–Crippen MR) is 97.3 cm³/mol. The Balaban J connectivity index is 0.000000677. The molecular formula is C21H26. The van der Waals surface area contributed by atoms with E-state index in [4.69, 9.17) is 0 Å². The number of allylic oxidation sites excluding steroid dienone is 6. The van der Waals surface area contributed by atoms with Crippen LogP contribution in [0, 0.1) is 0 Å². The van der Waals surface area contributed by atoms with Gasteiger partial charge < -0.3 is 0 Å². The van der Waals surface area contributed by atoms with Gasteiger partial charge in [0.1, 0.15) is 0 Å². The first-order valence-corrected chi connectivity index (χ1v) is 7.56. The molecule has 0 spiro atoms. The number of fused-ring (bicyclic) bond motifs is 1. The molecule has 0 saturated carbocycles. The van der Waals surface area contributed by atoms with Crippen molar-refractivity contribution in [2.45, 2.75) is 33.6 Å². The van der Waals surface area contributed by atoms with Crippen LogP contribution in [0.15, 0.2) is 61.2 Å². The molecule has 0 amide bonds. The molecule has 1 aliphatic rings. The van der Waals surface area contributed by atoms with Crippen LogP contribution in [0.25, 0.3) is 17.7 Å². The van der Waals surface area contributed by atoms with Crippen molar-refractivity contribution >= 4 is 17.7 Å². The molecule has 0 nitrogen and oxygen atoms in total. The third kappa shape index (κ3) is 5.07. The second-order valence-electron chi connectivity index (χ2n) is 4.99. The number of hydrogen-bond donors (Lipinski definition) is 0. The average Bonchev–Trinajstić information content (AvgIpc) is 2.69. The Kier molecular flexibility index (Phi) is 7.25. The summed E-state index contributed by atoms with van der Waals surface area (Å²) in [5.41, 5.74) is 3.70. The zero-order valence-corrected chi connectivity index (χ0v) is 13.5. The Bertz CT molecular complexity index is 666. The second-order valence-corrected chi connectivity index (χ2v) is 4.99. The maximum absolute atomic E-state index is 4.09. The van der Waals surface area contributed by atoms with Crippen molar-refractivity contribution in [1.82, 2.24) is 0 Å². The fourth-order valence-electron chi connectivity index (χ4n) is 2.22. The van der Waals surface area contributed by atoms with Crippen LogP contribution in [0.4, 0.5) is 0 Å². The lowest BCUT2D eigenvalue weighted by Crippen LogP contribution is -2.24. The van der Waals surface area contributed by atoms with E-state index in [9.17, 15) is 0 Å². The van der Waals surface area contributed by atoms with Crippen molar-refractivity contribution in [2.75, 3.05) is 0 Å². The fraction of sp³-hybridized carbons (Fsp3) is 0.238. The SMILES string of the molecule is C=C(/C=C\C)c1ccc2c(c1)=CCC=C(CC)C=2.C=CC. The van der Waals surface area contributed by atoms with E-state index in [2.05, 4.69) is 62.6 Å². The molecule has 1 aromatic rings.